The van der Waals surface area contributed by atoms with E-state index in [0.717, 1.165) is 35.4 Å². The van der Waals surface area contributed by atoms with Gasteiger partial charge in [0.15, 0.2) is 5.82 Å². The smallest absolute Gasteiger partial charge is 0.248 e. The van der Waals surface area contributed by atoms with Gasteiger partial charge in [0, 0.05) is 29.6 Å². The predicted octanol–water partition coefficient (Wildman–Crippen LogP) is 2.28. The summed E-state index contributed by atoms with van der Waals surface area (Å²) in [7, 11) is 0. The first-order valence-electron chi connectivity index (χ1n) is 9.02. The van der Waals surface area contributed by atoms with Crippen LogP contribution in [0.3, 0.4) is 0 Å². The fraction of sp³-hybridized carbons (Fsp3) is 0.316. The van der Waals surface area contributed by atoms with Crippen LogP contribution < -0.4 is 0 Å². The molecule has 28 heavy (non-hydrogen) atoms. The van der Waals surface area contributed by atoms with Gasteiger partial charge in [0.2, 0.25) is 5.91 Å². The minimum Gasteiger partial charge on any atom is -0.387 e. The molecule has 8 nitrogen and oxygen atoms in total. The molecule has 1 aliphatic rings. The van der Waals surface area contributed by atoms with Gasteiger partial charge in [-0.25, -0.2) is 15.0 Å². The molecule has 9 heteroatoms. The van der Waals surface area contributed by atoms with Crippen molar-refractivity contribution in [2.45, 2.75) is 18.8 Å². The van der Waals surface area contributed by atoms with Crippen LogP contribution in [0.5, 0.6) is 0 Å². The fourth-order valence-corrected chi connectivity index (χ4v) is 3.71. The molecule has 0 saturated carbocycles. The Kier molecular flexibility index (Phi) is 5.31. The van der Waals surface area contributed by atoms with Crippen molar-refractivity contribution in [2.75, 3.05) is 19.7 Å². The van der Waals surface area contributed by atoms with Gasteiger partial charge in [0.05, 0.1) is 11.3 Å². The van der Waals surface area contributed by atoms with E-state index < -0.39 is 6.61 Å². The van der Waals surface area contributed by atoms with Gasteiger partial charge >= 0.3 is 0 Å². The highest BCUT2D eigenvalue weighted by Crippen LogP contribution is 2.38. The first-order chi connectivity index (χ1) is 13.7. The Bertz CT molecular complexity index is 952. The molecule has 0 bridgehead atoms. The van der Waals surface area contributed by atoms with Crippen LogP contribution >= 0.6 is 11.6 Å². The molecular weight excluding hydrogens is 380 g/mol. The average Bonchev–Trinajstić information content (AvgIpc) is 3.19. The van der Waals surface area contributed by atoms with E-state index in [4.69, 9.17) is 16.7 Å². The van der Waals surface area contributed by atoms with E-state index in [0.29, 0.717) is 23.9 Å². The molecule has 1 amide bonds. The van der Waals surface area contributed by atoms with Crippen LogP contribution in [-0.2, 0) is 4.79 Å². The van der Waals surface area contributed by atoms with Gasteiger partial charge in [-0.05, 0) is 25.0 Å². The van der Waals surface area contributed by atoms with Crippen molar-refractivity contribution in [2.24, 2.45) is 0 Å². The summed E-state index contributed by atoms with van der Waals surface area (Å²) in [6, 6.07) is 7.47. The van der Waals surface area contributed by atoms with Crippen LogP contribution in [0.25, 0.3) is 22.6 Å². The third-order valence-corrected chi connectivity index (χ3v) is 5.27. The highest BCUT2D eigenvalue weighted by atomic mass is 35.5. The number of nitrogens with one attached hydrogen (secondary N) is 1. The number of halogens is 1. The minimum atomic E-state index is -0.453. The molecule has 0 unspecified atom stereocenters. The zero-order valence-corrected chi connectivity index (χ0v) is 15.8. The molecule has 0 aliphatic carbocycles. The van der Waals surface area contributed by atoms with Gasteiger partial charge in [-0.1, -0.05) is 23.7 Å². The Morgan fingerprint density at radius 1 is 1.18 bits per heavy atom. The Labute approximate surface area is 166 Å². The van der Waals surface area contributed by atoms with Gasteiger partial charge in [0.25, 0.3) is 0 Å². The predicted molar refractivity (Wildman–Crippen MR) is 103 cm³/mol. The SMILES string of the molecule is O=C(CO)N1CCC(c2[nH]nc(-c3ccc(Cl)cc3)c2-c2ncncn2)CC1. The maximum absolute atomic E-state index is 11.7. The highest BCUT2D eigenvalue weighted by molar-refractivity contribution is 6.30. The third-order valence-electron chi connectivity index (χ3n) is 5.02. The lowest BCUT2D eigenvalue weighted by Gasteiger charge is -2.31. The van der Waals surface area contributed by atoms with Gasteiger partial charge in [-0.2, -0.15) is 5.10 Å². The Balaban J connectivity index is 1.70. The highest BCUT2D eigenvalue weighted by Gasteiger charge is 2.29. The lowest BCUT2D eigenvalue weighted by Crippen LogP contribution is -2.39. The van der Waals surface area contributed by atoms with E-state index >= 15 is 0 Å². The van der Waals surface area contributed by atoms with E-state index in [1.807, 2.05) is 24.3 Å². The molecule has 4 rings (SSSR count). The van der Waals surface area contributed by atoms with Crippen LogP contribution in [0.4, 0.5) is 0 Å². The number of carbonyl (C=O) groups is 1. The van der Waals surface area contributed by atoms with Crippen LogP contribution in [0.2, 0.25) is 5.02 Å². The van der Waals surface area contributed by atoms with Crippen LogP contribution in [0, 0.1) is 0 Å². The van der Waals surface area contributed by atoms with Crippen molar-refractivity contribution >= 4 is 17.5 Å². The number of amides is 1. The fourth-order valence-electron chi connectivity index (χ4n) is 3.58. The number of rotatable bonds is 4. The maximum Gasteiger partial charge on any atom is 0.248 e. The number of nitrogens with zero attached hydrogens (tertiary/aromatic N) is 5. The number of carbonyl (C=O) groups excluding carboxylic acids is 1. The lowest BCUT2D eigenvalue weighted by molar-refractivity contribution is -0.135. The zero-order valence-electron chi connectivity index (χ0n) is 15.0. The van der Waals surface area contributed by atoms with Crippen LogP contribution in [0.15, 0.2) is 36.9 Å². The quantitative estimate of drug-likeness (QED) is 0.698. The molecule has 0 spiro atoms. The summed E-state index contributed by atoms with van der Waals surface area (Å²) >= 11 is 6.02. The molecule has 1 fully saturated rings. The summed E-state index contributed by atoms with van der Waals surface area (Å²) in [5.74, 6) is 0.503. The second kappa shape index (κ2) is 8.04. The first-order valence-corrected chi connectivity index (χ1v) is 9.40. The van der Waals surface area contributed by atoms with Crippen molar-refractivity contribution in [3.8, 4) is 22.6 Å². The largest absolute Gasteiger partial charge is 0.387 e. The molecule has 2 aromatic heterocycles. The zero-order chi connectivity index (χ0) is 19.5. The number of likely N-dealkylation sites (tertiary alicyclic amines) is 1. The molecule has 144 valence electrons. The van der Waals surface area contributed by atoms with E-state index in [2.05, 4.69) is 25.1 Å². The number of aliphatic hydroxyl groups excluding tert-OH is 1. The Hall–Kier alpha value is -2.84. The minimum absolute atomic E-state index is 0.183. The van der Waals surface area contributed by atoms with Crippen LogP contribution in [-0.4, -0.2) is 60.8 Å². The number of aromatic nitrogens is 5. The van der Waals surface area contributed by atoms with Crippen molar-refractivity contribution in [1.82, 2.24) is 30.0 Å². The summed E-state index contributed by atoms with van der Waals surface area (Å²) in [6.45, 7) is 0.734. The monoisotopic (exact) mass is 398 g/mol. The lowest BCUT2D eigenvalue weighted by atomic mass is 9.89. The third kappa shape index (κ3) is 3.61. The maximum atomic E-state index is 11.7. The Morgan fingerprint density at radius 2 is 1.86 bits per heavy atom. The number of H-pyrrole nitrogens is 1. The molecule has 0 atom stereocenters. The van der Waals surface area contributed by atoms with E-state index in [9.17, 15) is 4.79 Å². The van der Waals surface area contributed by atoms with Gasteiger partial charge in [0.1, 0.15) is 25.0 Å². The number of piperidine rings is 1. The number of hydrogen-bond acceptors (Lipinski definition) is 6. The van der Waals surface area contributed by atoms with Crippen molar-refractivity contribution in [3.63, 3.8) is 0 Å². The topological polar surface area (TPSA) is 108 Å². The van der Waals surface area contributed by atoms with Crippen molar-refractivity contribution in [1.29, 1.82) is 0 Å². The summed E-state index contributed by atoms with van der Waals surface area (Å²) in [6.07, 6.45) is 4.47. The molecule has 3 heterocycles. The molecule has 1 aromatic carbocycles. The molecule has 1 saturated heterocycles. The summed E-state index contributed by atoms with van der Waals surface area (Å²) in [5.41, 5.74) is 3.46. The summed E-state index contributed by atoms with van der Waals surface area (Å²) < 4.78 is 0. The number of benzene rings is 1. The second-order valence-corrected chi connectivity index (χ2v) is 7.08. The molecule has 2 N–H and O–H groups in total. The van der Waals surface area contributed by atoms with E-state index in [1.165, 1.54) is 12.7 Å². The van der Waals surface area contributed by atoms with Gasteiger partial charge in [-0.3, -0.25) is 9.89 Å². The normalized spacial score (nSPS) is 15.0. The van der Waals surface area contributed by atoms with Crippen LogP contribution in [0.1, 0.15) is 24.5 Å². The number of aromatic amines is 1. The van der Waals surface area contributed by atoms with E-state index in [1.54, 1.807) is 4.90 Å². The number of aliphatic hydroxyl groups is 1. The molecular formula is C19H19ClN6O2. The Morgan fingerprint density at radius 3 is 2.50 bits per heavy atom. The molecule has 3 aromatic rings. The standard InChI is InChI=1S/C19H19ClN6O2/c20-14-3-1-12(2-4-14)17-16(19-22-10-21-11-23-19)18(25-24-17)13-5-7-26(8-6-13)15(28)9-27/h1-4,10-11,13,27H,5-9H2,(H,24,25). The summed E-state index contributed by atoms with van der Waals surface area (Å²) in [4.78, 5) is 26.0. The van der Waals surface area contributed by atoms with Gasteiger partial charge in [-0.15, -0.1) is 0 Å². The molecule has 0 radical (unpaired) electrons. The first kappa shape index (κ1) is 18.5. The second-order valence-electron chi connectivity index (χ2n) is 6.64. The summed E-state index contributed by atoms with van der Waals surface area (Å²) in [5, 5.41) is 17.5. The van der Waals surface area contributed by atoms with E-state index in [-0.39, 0.29) is 11.8 Å². The van der Waals surface area contributed by atoms with Crippen molar-refractivity contribution in [3.05, 3.63) is 47.6 Å². The average molecular weight is 399 g/mol. The van der Waals surface area contributed by atoms with Crippen molar-refractivity contribution < 1.29 is 9.90 Å². The number of hydrogen-bond donors (Lipinski definition) is 2. The van der Waals surface area contributed by atoms with Gasteiger partial charge < -0.3 is 10.0 Å². The molecule has 1 aliphatic heterocycles.